The summed E-state index contributed by atoms with van der Waals surface area (Å²) in [6.07, 6.45) is 2.08. The monoisotopic (exact) mass is 445 g/mol. The molecule has 1 aliphatic heterocycles. The molecule has 0 bridgehead atoms. The van der Waals surface area contributed by atoms with E-state index in [0.29, 0.717) is 18.5 Å². The summed E-state index contributed by atoms with van der Waals surface area (Å²) in [7, 11) is 3.37. The average Bonchev–Trinajstić information content (AvgIpc) is 3.27. The summed E-state index contributed by atoms with van der Waals surface area (Å²) in [4.78, 5) is 11.8. The number of piperidine rings is 1. The molecule has 0 atom stereocenters. The first-order valence-electron chi connectivity index (χ1n) is 11.0. The fourth-order valence-electron chi connectivity index (χ4n) is 3.59. The molecule has 1 aromatic heterocycles. The number of rotatable bonds is 8. The Morgan fingerprint density at radius 1 is 1.19 bits per heavy atom. The van der Waals surface area contributed by atoms with Gasteiger partial charge in [0.15, 0.2) is 5.96 Å². The normalized spacial score (nSPS) is 15.3. The van der Waals surface area contributed by atoms with Crippen molar-refractivity contribution in [2.75, 3.05) is 38.8 Å². The van der Waals surface area contributed by atoms with Gasteiger partial charge < -0.3 is 25.0 Å². The maximum atomic E-state index is 5.42. The Morgan fingerprint density at radius 3 is 2.42 bits per heavy atom. The minimum atomic E-state index is 0.392. The zero-order valence-electron chi connectivity index (χ0n) is 19.3. The van der Waals surface area contributed by atoms with E-state index in [2.05, 4.69) is 58.8 Å². The van der Waals surface area contributed by atoms with E-state index >= 15 is 0 Å². The quantitative estimate of drug-likeness (QED) is 0.473. The van der Waals surface area contributed by atoms with Crippen molar-refractivity contribution in [3.63, 3.8) is 0 Å². The highest BCUT2D eigenvalue weighted by atomic mass is 32.1. The van der Waals surface area contributed by atoms with Crippen molar-refractivity contribution in [3.05, 3.63) is 34.3 Å². The van der Waals surface area contributed by atoms with Gasteiger partial charge in [-0.15, -0.1) is 11.3 Å². The fourth-order valence-corrected chi connectivity index (χ4v) is 4.42. The van der Waals surface area contributed by atoms with Gasteiger partial charge >= 0.3 is 0 Å². The van der Waals surface area contributed by atoms with Gasteiger partial charge in [0.05, 0.1) is 31.5 Å². The summed E-state index contributed by atoms with van der Waals surface area (Å²) >= 11 is 1.72. The lowest BCUT2D eigenvalue weighted by Crippen LogP contribution is -2.48. The van der Waals surface area contributed by atoms with E-state index in [4.69, 9.17) is 14.5 Å². The molecule has 0 radical (unpaired) electrons. The second kappa shape index (κ2) is 11.2. The molecule has 0 unspecified atom stereocenters. The summed E-state index contributed by atoms with van der Waals surface area (Å²) < 4.78 is 10.8. The Labute approximate surface area is 189 Å². The summed E-state index contributed by atoms with van der Waals surface area (Å²) in [6, 6.07) is 6.44. The van der Waals surface area contributed by atoms with E-state index in [1.165, 1.54) is 5.01 Å². The van der Waals surface area contributed by atoms with E-state index in [1.807, 2.05) is 6.07 Å². The molecule has 0 aliphatic carbocycles. The van der Waals surface area contributed by atoms with E-state index in [1.54, 1.807) is 25.6 Å². The summed E-state index contributed by atoms with van der Waals surface area (Å²) in [6.45, 7) is 9.81. The van der Waals surface area contributed by atoms with Gasteiger partial charge in [0.25, 0.3) is 0 Å². The van der Waals surface area contributed by atoms with Crippen LogP contribution in [-0.2, 0) is 6.54 Å². The fraction of sp³-hybridized carbons (Fsp3) is 0.565. The second-order valence-corrected chi connectivity index (χ2v) is 8.89. The third-order valence-corrected chi connectivity index (χ3v) is 6.54. The molecule has 3 rings (SSSR count). The number of thiazole rings is 1. The number of methoxy groups -OCH3 is 2. The topological polar surface area (TPSA) is 71.0 Å². The van der Waals surface area contributed by atoms with Crippen LogP contribution in [0.25, 0.3) is 0 Å². The van der Waals surface area contributed by atoms with Crippen molar-refractivity contribution in [3.8, 4) is 11.5 Å². The number of aliphatic imine (C=N–C) groups is 1. The highest BCUT2D eigenvalue weighted by Crippen LogP contribution is 2.30. The van der Waals surface area contributed by atoms with Gasteiger partial charge in [-0.25, -0.2) is 9.98 Å². The predicted octanol–water partition coefficient (Wildman–Crippen LogP) is 4.01. The van der Waals surface area contributed by atoms with Crippen molar-refractivity contribution in [1.82, 2.24) is 15.6 Å². The number of hydrogen-bond donors (Lipinski definition) is 2. The highest BCUT2D eigenvalue weighted by molar-refractivity contribution is 7.09. The third kappa shape index (κ3) is 6.50. The average molecular weight is 446 g/mol. The number of benzene rings is 1. The molecular formula is C23H35N5O2S. The number of guanidine groups is 1. The molecule has 0 spiro atoms. The maximum Gasteiger partial charge on any atom is 0.191 e. The minimum absolute atomic E-state index is 0.392. The maximum absolute atomic E-state index is 5.42. The number of anilines is 1. The summed E-state index contributed by atoms with van der Waals surface area (Å²) in [5, 5.41) is 10.3. The van der Waals surface area contributed by atoms with Crippen LogP contribution in [0.1, 0.15) is 50.2 Å². The Morgan fingerprint density at radius 2 is 1.87 bits per heavy atom. The Hall–Kier alpha value is -2.48. The molecule has 31 heavy (non-hydrogen) atoms. The standard InChI is InChI=1S/C23H35N5O2S/c1-6-24-23(25-14-18-15-31-22(26-18)16(2)3)27-17-7-9-28(10-8-17)19-11-20(29-4)13-21(12-19)30-5/h11-13,15-17H,6-10,14H2,1-5H3,(H2,24,25,27). The lowest BCUT2D eigenvalue weighted by Gasteiger charge is -2.34. The SMILES string of the molecule is CCNC(=NCc1csc(C(C)C)n1)NC1CCN(c2cc(OC)cc(OC)c2)CC1. The van der Waals surface area contributed by atoms with Crippen LogP contribution in [0.4, 0.5) is 5.69 Å². The van der Waals surface area contributed by atoms with Crippen molar-refractivity contribution >= 4 is 23.0 Å². The van der Waals surface area contributed by atoms with E-state index in [0.717, 1.165) is 61.3 Å². The van der Waals surface area contributed by atoms with Crippen LogP contribution in [0, 0.1) is 0 Å². The zero-order chi connectivity index (χ0) is 22.2. The van der Waals surface area contributed by atoms with E-state index in [-0.39, 0.29) is 0 Å². The van der Waals surface area contributed by atoms with Crippen molar-refractivity contribution in [2.24, 2.45) is 4.99 Å². The molecule has 7 nitrogen and oxygen atoms in total. The van der Waals surface area contributed by atoms with Crippen LogP contribution < -0.4 is 25.0 Å². The molecule has 2 N–H and O–H groups in total. The molecule has 1 saturated heterocycles. The van der Waals surface area contributed by atoms with Crippen LogP contribution in [-0.4, -0.2) is 50.8 Å². The van der Waals surface area contributed by atoms with Crippen molar-refractivity contribution in [1.29, 1.82) is 0 Å². The van der Waals surface area contributed by atoms with Gasteiger partial charge in [-0.2, -0.15) is 0 Å². The molecule has 0 amide bonds. The summed E-state index contributed by atoms with van der Waals surface area (Å²) in [5.74, 6) is 2.96. The van der Waals surface area contributed by atoms with Gasteiger partial charge in [0.1, 0.15) is 11.5 Å². The van der Waals surface area contributed by atoms with E-state index in [9.17, 15) is 0 Å². The molecule has 170 valence electrons. The molecule has 8 heteroatoms. The van der Waals surface area contributed by atoms with Gasteiger partial charge in [0.2, 0.25) is 0 Å². The van der Waals surface area contributed by atoms with Crippen molar-refractivity contribution in [2.45, 2.75) is 52.1 Å². The van der Waals surface area contributed by atoms with Crippen LogP contribution in [0.2, 0.25) is 0 Å². The largest absolute Gasteiger partial charge is 0.497 e. The van der Waals surface area contributed by atoms with Crippen LogP contribution in [0.3, 0.4) is 0 Å². The van der Waals surface area contributed by atoms with Gasteiger partial charge in [-0.1, -0.05) is 13.8 Å². The number of nitrogens with zero attached hydrogens (tertiary/aromatic N) is 3. The summed E-state index contributed by atoms with van der Waals surface area (Å²) in [5.41, 5.74) is 2.17. The second-order valence-electron chi connectivity index (χ2n) is 8.00. The first-order valence-corrected chi connectivity index (χ1v) is 11.9. The zero-order valence-corrected chi connectivity index (χ0v) is 20.1. The molecule has 2 aromatic rings. The molecule has 0 saturated carbocycles. The van der Waals surface area contributed by atoms with Crippen LogP contribution in [0.5, 0.6) is 11.5 Å². The molecule has 1 aromatic carbocycles. The minimum Gasteiger partial charge on any atom is -0.497 e. The number of nitrogens with one attached hydrogen (secondary N) is 2. The number of hydrogen-bond acceptors (Lipinski definition) is 6. The van der Waals surface area contributed by atoms with Gasteiger partial charge in [-0.3, -0.25) is 0 Å². The number of aromatic nitrogens is 1. The first kappa shape index (κ1) is 23.2. The lowest BCUT2D eigenvalue weighted by molar-refractivity contribution is 0.393. The molecule has 2 heterocycles. The Bertz CT molecular complexity index is 837. The third-order valence-electron chi connectivity index (χ3n) is 5.34. The molecule has 1 fully saturated rings. The Balaban J connectivity index is 1.57. The first-order chi connectivity index (χ1) is 15.0. The lowest BCUT2D eigenvalue weighted by atomic mass is 10.0. The Kier molecular flexibility index (Phi) is 8.40. The molecular weight excluding hydrogens is 410 g/mol. The highest BCUT2D eigenvalue weighted by Gasteiger charge is 2.21. The van der Waals surface area contributed by atoms with Crippen LogP contribution >= 0.6 is 11.3 Å². The van der Waals surface area contributed by atoms with Crippen LogP contribution in [0.15, 0.2) is 28.6 Å². The number of ether oxygens (including phenoxy) is 2. The van der Waals surface area contributed by atoms with E-state index < -0.39 is 0 Å². The van der Waals surface area contributed by atoms with Crippen molar-refractivity contribution < 1.29 is 9.47 Å². The predicted molar refractivity (Wildman–Crippen MR) is 129 cm³/mol. The molecule has 1 aliphatic rings. The smallest absolute Gasteiger partial charge is 0.191 e. The van der Waals surface area contributed by atoms with Gasteiger partial charge in [-0.05, 0) is 19.8 Å². The van der Waals surface area contributed by atoms with Gasteiger partial charge in [0, 0.05) is 60.9 Å².